The monoisotopic (exact) mass is 365 g/mol. The van der Waals surface area contributed by atoms with Crippen molar-refractivity contribution in [1.29, 1.82) is 0 Å². The van der Waals surface area contributed by atoms with Crippen molar-refractivity contribution in [2.24, 2.45) is 0 Å². The first-order chi connectivity index (χ1) is 11.5. The van der Waals surface area contributed by atoms with Crippen molar-refractivity contribution in [1.82, 2.24) is 4.90 Å². The Bertz CT molecular complexity index is 670. The molecule has 1 aliphatic rings. The maximum atomic E-state index is 12.6. The van der Waals surface area contributed by atoms with Crippen LogP contribution in [0, 0.1) is 0 Å². The predicted octanol–water partition coefficient (Wildman–Crippen LogP) is 3.24. The van der Waals surface area contributed by atoms with Gasteiger partial charge in [-0.25, -0.2) is 4.79 Å². The van der Waals surface area contributed by atoms with Crippen molar-refractivity contribution >= 4 is 46.3 Å². The number of esters is 1. The van der Waals surface area contributed by atoms with E-state index in [1.807, 2.05) is 31.2 Å². The topological polar surface area (TPSA) is 55.8 Å². The summed E-state index contributed by atoms with van der Waals surface area (Å²) in [5, 5.41) is 0. The number of hydrogen-bond acceptors (Lipinski definition) is 6. The van der Waals surface area contributed by atoms with Gasteiger partial charge in [0.25, 0.3) is 5.91 Å². The van der Waals surface area contributed by atoms with Crippen molar-refractivity contribution < 1.29 is 19.1 Å². The van der Waals surface area contributed by atoms with Gasteiger partial charge in [-0.05, 0) is 37.1 Å². The number of rotatable bonds is 6. The molecule has 1 saturated heterocycles. The van der Waals surface area contributed by atoms with Crippen LogP contribution in [0.15, 0.2) is 29.2 Å². The largest absolute Gasteiger partial charge is 0.497 e. The molecule has 0 aliphatic carbocycles. The smallest absolute Gasteiger partial charge is 0.329 e. The molecule has 7 heteroatoms. The minimum absolute atomic E-state index is 0.276. The summed E-state index contributed by atoms with van der Waals surface area (Å²) in [5.74, 6) is 0.0209. The van der Waals surface area contributed by atoms with E-state index in [-0.39, 0.29) is 5.91 Å². The zero-order chi connectivity index (χ0) is 17.7. The molecule has 5 nitrogen and oxygen atoms in total. The van der Waals surface area contributed by atoms with Crippen LogP contribution in [0.25, 0.3) is 6.08 Å². The zero-order valence-corrected chi connectivity index (χ0v) is 15.4. The number of thiocarbonyl (C=S) groups is 1. The molecule has 1 atom stereocenters. The summed E-state index contributed by atoms with van der Waals surface area (Å²) in [6, 6.07) is 6.61. The summed E-state index contributed by atoms with van der Waals surface area (Å²) < 4.78 is 10.6. The van der Waals surface area contributed by atoms with Gasteiger partial charge in [-0.15, -0.1) is 0 Å². The Morgan fingerprint density at radius 2 is 2.04 bits per heavy atom. The Balaban J connectivity index is 2.15. The van der Waals surface area contributed by atoms with E-state index in [2.05, 4.69) is 0 Å². The van der Waals surface area contributed by atoms with Crippen LogP contribution >= 0.6 is 24.0 Å². The molecule has 1 aliphatic heterocycles. The van der Waals surface area contributed by atoms with Crippen LogP contribution in [-0.4, -0.2) is 40.9 Å². The highest BCUT2D eigenvalue weighted by Gasteiger charge is 2.38. The van der Waals surface area contributed by atoms with E-state index >= 15 is 0 Å². The first kappa shape index (κ1) is 18.5. The van der Waals surface area contributed by atoms with Crippen LogP contribution in [0.2, 0.25) is 0 Å². The third-order valence-corrected chi connectivity index (χ3v) is 4.74. The molecule has 0 aromatic heterocycles. The van der Waals surface area contributed by atoms with Gasteiger partial charge in [0, 0.05) is 0 Å². The number of amides is 1. The van der Waals surface area contributed by atoms with E-state index in [0.29, 0.717) is 15.8 Å². The molecule has 0 spiro atoms. The molecule has 0 bridgehead atoms. The van der Waals surface area contributed by atoms with Crippen molar-refractivity contribution in [3.8, 4) is 5.75 Å². The van der Waals surface area contributed by atoms with Crippen LogP contribution in [0.4, 0.5) is 0 Å². The lowest BCUT2D eigenvalue weighted by Gasteiger charge is -2.21. The zero-order valence-electron chi connectivity index (χ0n) is 13.8. The fourth-order valence-corrected chi connectivity index (χ4v) is 3.51. The minimum atomic E-state index is -0.731. The number of ether oxygens (including phenoxy) is 2. The Hall–Kier alpha value is -1.86. The molecule has 0 saturated carbocycles. The second kappa shape index (κ2) is 8.30. The standard InChI is InChI=1S/C17H19NO4S2/c1-4-9-22-16(20)11(2)18-15(19)14(24-17(18)23)10-12-5-7-13(21-3)8-6-12/h5-8,10-11H,4,9H2,1-3H3/b14-10+/t11-/m1/s1. The van der Waals surface area contributed by atoms with Crippen LogP contribution in [0.3, 0.4) is 0 Å². The van der Waals surface area contributed by atoms with Crippen molar-refractivity contribution in [2.75, 3.05) is 13.7 Å². The van der Waals surface area contributed by atoms with Gasteiger partial charge < -0.3 is 9.47 Å². The van der Waals surface area contributed by atoms with Crippen molar-refractivity contribution in [3.05, 3.63) is 34.7 Å². The van der Waals surface area contributed by atoms with Gasteiger partial charge in [-0.3, -0.25) is 9.69 Å². The van der Waals surface area contributed by atoms with Gasteiger partial charge in [0.1, 0.15) is 16.1 Å². The number of carbonyl (C=O) groups is 2. The van der Waals surface area contributed by atoms with Gasteiger partial charge in [-0.2, -0.15) is 0 Å². The molecule has 0 unspecified atom stereocenters. The number of benzene rings is 1. The molecule has 1 aromatic rings. The van der Waals surface area contributed by atoms with Gasteiger partial charge in [0.15, 0.2) is 0 Å². The van der Waals surface area contributed by atoms with Crippen molar-refractivity contribution in [2.45, 2.75) is 26.3 Å². The molecule has 1 amide bonds. The number of methoxy groups -OCH3 is 1. The van der Waals surface area contributed by atoms with Gasteiger partial charge >= 0.3 is 5.97 Å². The fourth-order valence-electron chi connectivity index (χ4n) is 2.09. The third kappa shape index (κ3) is 4.15. The van der Waals surface area contributed by atoms with Crippen molar-refractivity contribution in [3.63, 3.8) is 0 Å². The normalized spacial score (nSPS) is 17.3. The lowest BCUT2D eigenvalue weighted by Crippen LogP contribution is -2.42. The van der Waals surface area contributed by atoms with Crippen LogP contribution in [0.5, 0.6) is 5.75 Å². The highest BCUT2D eigenvalue weighted by molar-refractivity contribution is 8.26. The number of thioether (sulfide) groups is 1. The van der Waals surface area contributed by atoms with Crippen LogP contribution < -0.4 is 4.74 Å². The minimum Gasteiger partial charge on any atom is -0.497 e. The maximum Gasteiger partial charge on any atom is 0.329 e. The summed E-state index contributed by atoms with van der Waals surface area (Å²) in [4.78, 5) is 26.4. The Kier molecular flexibility index (Phi) is 6.39. The fraction of sp³-hybridized carbons (Fsp3) is 0.353. The van der Waals surface area contributed by atoms with E-state index in [1.165, 1.54) is 16.7 Å². The molecule has 24 heavy (non-hydrogen) atoms. The summed E-state index contributed by atoms with van der Waals surface area (Å²) in [6.07, 6.45) is 2.48. The Morgan fingerprint density at radius 1 is 1.38 bits per heavy atom. The van der Waals surface area contributed by atoms with Gasteiger partial charge in [0.05, 0.1) is 18.6 Å². The van der Waals surface area contributed by atoms with E-state index in [9.17, 15) is 9.59 Å². The van der Waals surface area contributed by atoms with Crippen LogP contribution in [0.1, 0.15) is 25.8 Å². The number of hydrogen-bond donors (Lipinski definition) is 0. The molecule has 0 N–H and O–H groups in total. The average Bonchev–Trinajstić information content (AvgIpc) is 2.86. The number of carbonyl (C=O) groups excluding carboxylic acids is 2. The second-order valence-corrected chi connectivity index (χ2v) is 6.84. The van der Waals surface area contributed by atoms with Crippen LogP contribution in [-0.2, 0) is 14.3 Å². The summed E-state index contributed by atoms with van der Waals surface area (Å²) in [5.41, 5.74) is 0.859. The average molecular weight is 365 g/mol. The first-order valence-electron chi connectivity index (χ1n) is 7.55. The summed E-state index contributed by atoms with van der Waals surface area (Å²) in [7, 11) is 1.60. The summed E-state index contributed by atoms with van der Waals surface area (Å²) in [6.45, 7) is 3.87. The Labute approximate surface area is 151 Å². The lowest BCUT2D eigenvalue weighted by atomic mass is 10.2. The molecule has 2 rings (SSSR count). The third-order valence-electron chi connectivity index (χ3n) is 3.41. The van der Waals surface area contributed by atoms with Gasteiger partial charge in [-0.1, -0.05) is 43.0 Å². The number of nitrogens with zero attached hydrogens (tertiary/aromatic N) is 1. The Morgan fingerprint density at radius 3 is 2.62 bits per heavy atom. The molecule has 1 fully saturated rings. The molecular weight excluding hydrogens is 346 g/mol. The molecule has 128 valence electrons. The quantitative estimate of drug-likeness (QED) is 0.438. The molecule has 0 radical (unpaired) electrons. The van der Waals surface area contributed by atoms with E-state index in [1.54, 1.807) is 20.1 Å². The van der Waals surface area contributed by atoms with E-state index in [0.717, 1.165) is 17.7 Å². The predicted molar refractivity (Wildman–Crippen MR) is 98.7 cm³/mol. The molecule has 1 aromatic carbocycles. The van der Waals surface area contributed by atoms with E-state index in [4.69, 9.17) is 21.7 Å². The lowest BCUT2D eigenvalue weighted by molar-refractivity contribution is -0.150. The molecule has 1 heterocycles. The SMILES string of the molecule is CCCOC(=O)[C@@H](C)N1C(=O)/C(=C\c2ccc(OC)cc2)SC1=S. The highest BCUT2D eigenvalue weighted by atomic mass is 32.2. The van der Waals surface area contributed by atoms with Gasteiger partial charge in [0.2, 0.25) is 0 Å². The second-order valence-electron chi connectivity index (χ2n) is 5.17. The van der Waals surface area contributed by atoms with E-state index < -0.39 is 12.0 Å². The summed E-state index contributed by atoms with van der Waals surface area (Å²) >= 11 is 6.44. The first-order valence-corrected chi connectivity index (χ1v) is 8.78. The molecular formula is C17H19NO4S2. The highest BCUT2D eigenvalue weighted by Crippen LogP contribution is 2.34. The maximum absolute atomic E-state index is 12.6.